The minimum absolute atomic E-state index is 0.0450. The van der Waals surface area contributed by atoms with E-state index < -0.39 is 0 Å². The lowest BCUT2D eigenvalue weighted by Gasteiger charge is -2.04. The van der Waals surface area contributed by atoms with E-state index in [1.165, 1.54) is 5.56 Å². The Morgan fingerprint density at radius 1 is 1.11 bits per heavy atom. The second-order valence-corrected chi connectivity index (χ2v) is 4.46. The molecule has 1 heterocycles. The van der Waals surface area contributed by atoms with Gasteiger partial charge in [0.25, 0.3) is 5.91 Å². The van der Waals surface area contributed by atoms with Crippen LogP contribution in [0.25, 0.3) is 11.0 Å². The predicted octanol–water partition coefficient (Wildman–Crippen LogP) is 3.29. The van der Waals surface area contributed by atoms with Crippen LogP contribution in [0.15, 0.2) is 54.9 Å². The van der Waals surface area contributed by atoms with Gasteiger partial charge >= 0.3 is 0 Å². The normalized spacial score (nSPS) is 10.8. The monoisotopic (exact) mass is 250 g/mol. The van der Waals surface area contributed by atoms with Gasteiger partial charge in [-0.15, -0.1) is 0 Å². The number of benzene rings is 2. The Morgan fingerprint density at radius 3 is 2.58 bits per heavy atom. The van der Waals surface area contributed by atoms with Crippen LogP contribution >= 0.6 is 0 Å². The number of imidazole rings is 1. The highest BCUT2D eigenvalue weighted by molar-refractivity contribution is 6.01. The first-order valence-electron chi connectivity index (χ1n) is 6.35. The number of carbonyl (C=O) groups excluding carboxylic acids is 1. The average Bonchev–Trinajstić information content (AvgIpc) is 2.90. The maximum atomic E-state index is 12.4. The summed E-state index contributed by atoms with van der Waals surface area (Å²) in [5.74, 6) is -0.0450. The molecule has 0 saturated carbocycles. The smallest absolute Gasteiger partial charge is 0.263 e. The fourth-order valence-electron chi connectivity index (χ4n) is 2.14. The zero-order valence-electron chi connectivity index (χ0n) is 10.7. The Balaban J connectivity index is 2.03. The molecule has 0 radical (unpaired) electrons. The van der Waals surface area contributed by atoms with E-state index in [0.717, 1.165) is 17.5 Å². The van der Waals surface area contributed by atoms with E-state index in [1.807, 2.05) is 48.5 Å². The van der Waals surface area contributed by atoms with E-state index in [0.29, 0.717) is 5.56 Å². The van der Waals surface area contributed by atoms with Crippen LogP contribution in [0.2, 0.25) is 0 Å². The molecule has 3 heteroatoms. The number of carbonyl (C=O) groups is 1. The first kappa shape index (κ1) is 11.7. The van der Waals surface area contributed by atoms with Crippen LogP contribution in [0, 0.1) is 0 Å². The quantitative estimate of drug-likeness (QED) is 0.699. The second-order valence-electron chi connectivity index (χ2n) is 4.46. The predicted molar refractivity (Wildman–Crippen MR) is 75.3 cm³/mol. The van der Waals surface area contributed by atoms with E-state index in [2.05, 4.69) is 11.9 Å². The molecule has 3 aromatic rings. The molecule has 2 aromatic carbocycles. The zero-order chi connectivity index (χ0) is 13.2. The molecule has 0 spiro atoms. The van der Waals surface area contributed by atoms with Gasteiger partial charge in [0.15, 0.2) is 0 Å². The molecule has 0 aliphatic rings. The first-order valence-corrected chi connectivity index (χ1v) is 6.35. The highest BCUT2D eigenvalue weighted by Gasteiger charge is 2.11. The van der Waals surface area contributed by atoms with Crippen LogP contribution < -0.4 is 0 Å². The number of rotatable bonds is 2. The Bertz CT molecular complexity index is 726. The number of aryl methyl sites for hydroxylation is 1. The Morgan fingerprint density at radius 2 is 1.84 bits per heavy atom. The lowest BCUT2D eigenvalue weighted by molar-refractivity contribution is 0.0964. The molecule has 0 fully saturated rings. The van der Waals surface area contributed by atoms with Gasteiger partial charge in [0.2, 0.25) is 0 Å². The summed E-state index contributed by atoms with van der Waals surface area (Å²) in [6.07, 6.45) is 2.56. The fourth-order valence-corrected chi connectivity index (χ4v) is 2.14. The summed E-state index contributed by atoms with van der Waals surface area (Å²) >= 11 is 0. The number of hydrogen-bond donors (Lipinski definition) is 0. The van der Waals surface area contributed by atoms with E-state index in [4.69, 9.17) is 0 Å². The highest BCUT2D eigenvalue weighted by Crippen LogP contribution is 2.14. The largest absolute Gasteiger partial charge is 0.268 e. The van der Waals surface area contributed by atoms with Crippen LogP contribution in [0.3, 0.4) is 0 Å². The maximum Gasteiger partial charge on any atom is 0.263 e. The molecule has 0 amide bonds. The van der Waals surface area contributed by atoms with E-state index in [9.17, 15) is 4.79 Å². The molecule has 0 atom stereocenters. The summed E-state index contributed by atoms with van der Waals surface area (Å²) in [7, 11) is 0. The molecular formula is C16H14N2O. The minimum Gasteiger partial charge on any atom is -0.268 e. The molecule has 94 valence electrons. The molecule has 0 saturated heterocycles. The molecule has 19 heavy (non-hydrogen) atoms. The van der Waals surface area contributed by atoms with Crippen LogP contribution in [0.1, 0.15) is 22.8 Å². The van der Waals surface area contributed by atoms with Crippen molar-refractivity contribution in [3.8, 4) is 0 Å². The van der Waals surface area contributed by atoms with Gasteiger partial charge in [-0.05, 0) is 36.2 Å². The summed E-state index contributed by atoms with van der Waals surface area (Å²) in [5.41, 5.74) is 3.58. The van der Waals surface area contributed by atoms with Crippen molar-refractivity contribution in [3.63, 3.8) is 0 Å². The van der Waals surface area contributed by atoms with Crippen LogP contribution in [0.4, 0.5) is 0 Å². The lowest BCUT2D eigenvalue weighted by atomic mass is 10.1. The van der Waals surface area contributed by atoms with Crippen molar-refractivity contribution in [1.29, 1.82) is 0 Å². The van der Waals surface area contributed by atoms with E-state index in [1.54, 1.807) is 10.9 Å². The van der Waals surface area contributed by atoms with Gasteiger partial charge in [-0.25, -0.2) is 4.98 Å². The van der Waals surface area contributed by atoms with Crippen molar-refractivity contribution in [2.24, 2.45) is 0 Å². The molecule has 0 N–H and O–H groups in total. The second kappa shape index (κ2) is 4.69. The van der Waals surface area contributed by atoms with Crippen LogP contribution in [-0.4, -0.2) is 15.5 Å². The molecule has 0 aliphatic carbocycles. The standard InChI is InChI=1S/C16H14N2O/c1-2-12-7-9-13(10-8-12)16(19)18-11-17-14-5-3-4-6-15(14)18/h3-11H,2H2,1H3. The van der Waals surface area contributed by atoms with Crippen LogP contribution in [0.5, 0.6) is 0 Å². The number of nitrogens with zero attached hydrogens (tertiary/aromatic N) is 2. The summed E-state index contributed by atoms with van der Waals surface area (Å²) in [6, 6.07) is 15.4. The molecule has 0 unspecified atom stereocenters. The van der Waals surface area contributed by atoms with Gasteiger partial charge in [0.05, 0.1) is 11.0 Å². The third-order valence-corrected chi connectivity index (χ3v) is 3.28. The highest BCUT2D eigenvalue weighted by atomic mass is 16.2. The molecule has 3 rings (SSSR count). The van der Waals surface area contributed by atoms with Crippen molar-refractivity contribution in [2.45, 2.75) is 13.3 Å². The lowest BCUT2D eigenvalue weighted by Crippen LogP contribution is -2.10. The van der Waals surface area contributed by atoms with Gasteiger partial charge in [0.1, 0.15) is 6.33 Å². The Hall–Kier alpha value is -2.42. The van der Waals surface area contributed by atoms with Crippen molar-refractivity contribution in [1.82, 2.24) is 9.55 Å². The summed E-state index contributed by atoms with van der Waals surface area (Å²) < 4.78 is 1.59. The number of fused-ring (bicyclic) bond motifs is 1. The summed E-state index contributed by atoms with van der Waals surface area (Å²) in [4.78, 5) is 16.7. The van der Waals surface area contributed by atoms with Gasteiger partial charge < -0.3 is 0 Å². The van der Waals surface area contributed by atoms with Crippen molar-refractivity contribution >= 4 is 16.9 Å². The topological polar surface area (TPSA) is 34.9 Å². The number of aromatic nitrogens is 2. The Labute approximate surface area is 111 Å². The molecule has 1 aromatic heterocycles. The van der Waals surface area contributed by atoms with Gasteiger partial charge in [-0.2, -0.15) is 0 Å². The Kier molecular flexibility index (Phi) is 2.88. The fraction of sp³-hybridized carbons (Fsp3) is 0.125. The number of hydrogen-bond acceptors (Lipinski definition) is 2. The van der Waals surface area contributed by atoms with Crippen molar-refractivity contribution in [3.05, 3.63) is 66.0 Å². The summed E-state index contributed by atoms with van der Waals surface area (Å²) in [6.45, 7) is 2.10. The third-order valence-electron chi connectivity index (χ3n) is 3.28. The van der Waals surface area contributed by atoms with Gasteiger partial charge in [0, 0.05) is 5.56 Å². The van der Waals surface area contributed by atoms with Gasteiger partial charge in [-0.1, -0.05) is 31.2 Å². The van der Waals surface area contributed by atoms with E-state index >= 15 is 0 Å². The van der Waals surface area contributed by atoms with Gasteiger partial charge in [-0.3, -0.25) is 9.36 Å². The summed E-state index contributed by atoms with van der Waals surface area (Å²) in [5, 5.41) is 0. The third kappa shape index (κ3) is 2.03. The average molecular weight is 250 g/mol. The van der Waals surface area contributed by atoms with Crippen molar-refractivity contribution < 1.29 is 4.79 Å². The van der Waals surface area contributed by atoms with Crippen LogP contribution in [-0.2, 0) is 6.42 Å². The van der Waals surface area contributed by atoms with E-state index in [-0.39, 0.29) is 5.91 Å². The molecular weight excluding hydrogens is 236 g/mol. The maximum absolute atomic E-state index is 12.4. The first-order chi connectivity index (χ1) is 9.29. The number of para-hydroxylation sites is 2. The minimum atomic E-state index is -0.0450. The van der Waals surface area contributed by atoms with Crippen molar-refractivity contribution in [2.75, 3.05) is 0 Å². The zero-order valence-corrected chi connectivity index (χ0v) is 10.7. The molecule has 0 bridgehead atoms. The molecule has 0 aliphatic heterocycles. The molecule has 3 nitrogen and oxygen atoms in total. The SMILES string of the molecule is CCc1ccc(C(=O)n2cnc3ccccc32)cc1.